The zero-order valence-electron chi connectivity index (χ0n) is 9.14. The smallest absolute Gasteiger partial charge is 0.113 e. The van der Waals surface area contributed by atoms with Gasteiger partial charge in [0.1, 0.15) is 11.4 Å². The van der Waals surface area contributed by atoms with Crippen molar-refractivity contribution in [3.05, 3.63) is 42.8 Å². The van der Waals surface area contributed by atoms with E-state index >= 15 is 0 Å². The fraction of sp³-hybridized carbons (Fsp3) is 0.167. The van der Waals surface area contributed by atoms with Gasteiger partial charge in [-0.3, -0.25) is 0 Å². The van der Waals surface area contributed by atoms with E-state index in [0.717, 1.165) is 17.1 Å². The molecule has 0 bridgehead atoms. The zero-order chi connectivity index (χ0) is 11.3. The van der Waals surface area contributed by atoms with E-state index in [0.29, 0.717) is 0 Å². The molecule has 1 heterocycles. The molecule has 0 spiro atoms. The summed E-state index contributed by atoms with van der Waals surface area (Å²) in [6, 6.07) is 0. The molecule has 0 amide bonds. The summed E-state index contributed by atoms with van der Waals surface area (Å²) in [6.45, 7) is 11.3. The van der Waals surface area contributed by atoms with Crippen LogP contribution in [0.25, 0.3) is 17.8 Å². The lowest BCUT2D eigenvalue weighted by molar-refractivity contribution is 0.772. The van der Waals surface area contributed by atoms with Crippen LogP contribution in [0.15, 0.2) is 31.4 Å². The summed E-state index contributed by atoms with van der Waals surface area (Å²) >= 11 is 0. The van der Waals surface area contributed by atoms with E-state index in [1.54, 1.807) is 16.9 Å². The lowest BCUT2D eigenvalue weighted by Crippen LogP contribution is -1.98. The second kappa shape index (κ2) is 5.10. The van der Waals surface area contributed by atoms with Gasteiger partial charge in [-0.2, -0.15) is 4.80 Å². The van der Waals surface area contributed by atoms with Gasteiger partial charge in [0.05, 0.1) is 5.70 Å². The van der Waals surface area contributed by atoms with Crippen molar-refractivity contribution in [2.75, 3.05) is 0 Å². The van der Waals surface area contributed by atoms with Crippen LogP contribution < -0.4 is 0 Å². The minimum absolute atomic E-state index is 0.773. The molecule has 1 rings (SSSR count). The minimum Gasteiger partial charge on any atom is -0.151 e. The fourth-order valence-electron chi connectivity index (χ4n) is 1.18. The standard InChI is InChI=1S/C12H15N3/c1-5-9-12-11(8-4)13-15(14-12)10(6-2)7-3/h5-9H,2,4H2,1,3H3/b9-5-,10-7+. The molecule has 3 nitrogen and oxygen atoms in total. The molecule has 0 aliphatic rings. The number of hydrogen-bond donors (Lipinski definition) is 0. The molecule has 0 fully saturated rings. The van der Waals surface area contributed by atoms with Crippen LogP contribution in [0.4, 0.5) is 0 Å². The Morgan fingerprint density at radius 3 is 2.33 bits per heavy atom. The second-order valence-electron chi connectivity index (χ2n) is 2.88. The summed E-state index contributed by atoms with van der Waals surface area (Å²) in [6.07, 6.45) is 9.13. The number of rotatable bonds is 4. The summed E-state index contributed by atoms with van der Waals surface area (Å²) < 4.78 is 0. The number of aromatic nitrogens is 3. The molecule has 78 valence electrons. The van der Waals surface area contributed by atoms with Crippen LogP contribution in [-0.4, -0.2) is 15.0 Å². The molecule has 0 radical (unpaired) electrons. The minimum atomic E-state index is 0.773. The third-order valence-corrected chi connectivity index (χ3v) is 1.92. The monoisotopic (exact) mass is 201 g/mol. The van der Waals surface area contributed by atoms with Crippen LogP contribution in [0.3, 0.4) is 0 Å². The summed E-state index contributed by atoms with van der Waals surface area (Å²) in [5.41, 5.74) is 2.44. The number of allylic oxidation sites excluding steroid dienone is 4. The SMILES string of the molecule is C=C/C(=C\C)n1nc(C=C)c(/C=C\C)n1. The van der Waals surface area contributed by atoms with Crippen molar-refractivity contribution in [1.82, 2.24) is 15.0 Å². The molecule has 0 saturated carbocycles. The van der Waals surface area contributed by atoms with Crippen LogP contribution in [0, 0.1) is 0 Å². The first-order valence-electron chi connectivity index (χ1n) is 4.78. The Labute approximate surface area is 90.1 Å². The van der Waals surface area contributed by atoms with Gasteiger partial charge in [-0.15, -0.1) is 10.2 Å². The molecule has 0 N–H and O–H groups in total. The quantitative estimate of drug-likeness (QED) is 0.701. The van der Waals surface area contributed by atoms with Gasteiger partial charge in [0, 0.05) is 0 Å². The first kappa shape index (κ1) is 11.2. The van der Waals surface area contributed by atoms with Gasteiger partial charge < -0.3 is 0 Å². The lowest BCUT2D eigenvalue weighted by Gasteiger charge is -1.96. The van der Waals surface area contributed by atoms with Gasteiger partial charge in [0.2, 0.25) is 0 Å². The molecular weight excluding hydrogens is 186 g/mol. The Morgan fingerprint density at radius 1 is 1.20 bits per heavy atom. The van der Waals surface area contributed by atoms with Gasteiger partial charge in [0.15, 0.2) is 0 Å². The molecule has 0 aromatic carbocycles. The van der Waals surface area contributed by atoms with Crippen molar-refractivity contribution in [1.29, 1.82) is 0 Å². The third kappa shape index (κ3) is 2.31. The summed E-state index contributed by atoms with van der Waals surface area (Å²) in [5.74, 6) is 0. The molecule has 1 aromatic heterocycles. The van der Waals surface area contributed by atoms with E-state index in [1.165, 1.54) is 0 Å². The average Bonchev–Trinajstić information content (AvgIpc) is 2.64. The number of hydrogen-bond acceptors (Lipinski definition) is 2. The van der Waals surface area contributed by atoms with Crippen LogP contribution >= 0.6 is 0 Å². The van der Waals surface area contributed by atoms with Gasteiger partial charge in [-0.25, -0.2) is 0 Å². The molecule has 0 atom stereocenters. The maximum Gasteiger partial charge on any atom is 0.113 e. The van der Waals surface area contributed by atoms with E-state index in [4.69, 9.17) is 0 Å². The van der Waals surface area contributed by atoms with Crippen LogP contribution in [0.1, 0.15) is 25.2 Å². The molecule has 0 saturated heterocycles. The Bertz CT molecular complexity index is 422. The first-order valence-corrected chi connectivity index (χ1v) is 4.78. The largest absolute Gasteiger partial charge is 0.151 e. The zero-order valence-corrected chi connectivity index (χ0v) is 9.14. The maximum atomic E-state index is 4.32. The highest BCUT2D eigenvalue weighted by molar-refractivity contribution is 5.60. The molecule has 0 unspecified atom stereocenters. The van der Waals surface area contributed by atoms with Gasteiger partial charge in [-0.1, -0.05) is 25.3 Å². The predicted octanol–water partition coefficient (Wildman–Crippen LogP) is 3.00. The van der Waals surface area contributed by atoms with Crippen molar-refractivity contribution in [3.63, 3.8) is 0 Å². The Balaban J connectivity index is 3.23. The number of nitrogens with zero attached hydrogens (tertiary/aromatic N) is 3. The highest BCUT2D eigenvalue weighted by Gasteiger charge is 2.06. The van der Waals surface area contributed by atoms with E-state index in [-0.39, 0.29) is 0 Å². The van der Waals surface area contributed by atoms with Crippen LogP contribution in [0.2, 0.25) is 0 Å². The van der Waals surface area contributed by atoms with Gasteiger partial charge >= 0.3 is 0 Å². The predicted molar refractivity (Wildman–Crippen MR) is 65.0 cm³/mol. The third-order valence-electron chi connectivity index (χ3n) is 1.92. The van der Waals surface area contributed by atoms with E-state index in [9.17, 15) is 0 Å². The normalized spacial score (nSPS) is 12.0. The van der Waals surface area contributed by atoms with E-state index in [1.807, 2.05) is 32.1 Å². The molecule has 1 aromatic rings. The van der Waals surface area contributed by atoms with E-state index < -0.39 is 0 Å². The highest BCUT2D eigenvalue weighted by atomic mass is 15.5. The summed E-state index contributed by atoms with van der Waals surface area (Å²) in [4.78, 5) is 1.55. The van der Waals surface area contributed by atoms with Crippen LogP contribution in [-0.2, 0) is 0 Å². The molecule has 0 aliphatic carbocycles. The molecule has 15 heavy (non-hydrogen) atoms. The molecule has 3 heteroatoms. The van der Waals surface area contributed by atoms with Gasteiger partial charge in [0.25, 0.3) is 0 Å². The van der Waals surface area contributed by atoms with Crippen molar-refractivity contribution < 1.29 is 0 Å². The summed E-state index contributed by atoms with van der Waals surface area (Å²) in [5, 5.41) is 8.61. The van der Waals surface area contributed by atoms with Crippen molar-refractivity contribution in [3.8, 4) is 0 Å². The van der Waals surface area contributed by atoms with Gasteiger partial charge in [-0.05, 0) is 32.1 Å². The van der Waals surface area contributed by atoms with E-state index in [2.05, 4.69) is 23.4 Å². The Kier molecular flexibility index (Phi) is 3.80. The average molecular weight is 201 g/mol. The van der Waals surface area contributed by atoms with Crippen molar-refractivity contribution in [2.45, 2.75) is 13.8 Å². The first-order chi connectivity index (χ1) is 7.26. The maximum absolute atomic E-state index is 4.32. The van der Waals surface area contributed by atoms with Crippen molar-refractivity contribution >= 4 is 17.8 Å². The van der Waals surface area contributed by atoms with Crippen LogP contribution in [0.5, 0.6) is 0 Å². The summed E-state index contributed by atoms with van der Waals surface area (Å²) in [7, 11) is 0. The Morgan fingerprint density at radius 2 is 1.87 bits per heavy atom. The van der Waals surface area contributed by atoms with Crippen molar-refractivity contribution in [2.24, 2.45) is 0 Å². The fourth-order valence-corrected chi connectivity index (χ4v) is 1.18. The highest BCUT2D eigenvalue weighted by Crippen LogP contribution is 2.10. The second-order valence-corrected chi connectivity index (χ2v) is 2.88. The Hall–Kier alpha value is -1.90. The lowest BCUT2D eigenvalue weighted by atomic mass is 10.3. The molecule has 0 aliphatic heterocycles. The molecular formula is C12H15N3. The topological polar surface area (TPSA) is 30.7 Å².